The topological polar surface area (TPSA) is 103 Å². The van der Waals surface area contributed by atoms with Crippen molar-refractivity contribution >= 4 is 29.1 Å². The van der Waals surface area contributed by atoms with E-state index in [1.165, 1.54) is 0 Å². The third-order valence-electron chi connectivity index (χ3n) is 3.28. The molecule has 108 valence electrons. The minimum absolute atomic E-state index is 0.0813. The lowest BCUT2D eigenvalue weighted by atomic mass is 10.1. The minimum atomic E-state index is -1.07. The standard InChI is InChI=1S/C13H18N4O3/c1-4-6(2)15-10-9(13(19)20)7(3)16-12-11(10)17-8(18)5-14-12/h6H,4-5H2,1-3H3,(H,17,18)(H,19,20)(H2,14,15,16). The maximum atomic E-state index is 11.5. The first-order valence-electron chi connectivity index (χ1n) is 6.52. The molecule has 0 saturated heterocycles. The van der Waals surface area contributed by atoms with E-state index in [2.05, 4.69) is 20.9 Å². The van der Waals surface area contributed by atoms with Crippen molar-refractivity contribution in [1.29, 1.82) is 0 Å². The highest BCUT2D eigenvalue weighted by Gasteiger charge is 2.26. The minimum Gasteiger partial charge on any atom is -0.478 e. The van der Waals surface area contributed by atoms with Crippen LogP contribution in [-0.4, -0.2) is 34.6 Å². The highest BCUT2D eigenvalue weighted by Crippen LogP contribution is 2.36. The Morgan fingerprint density at radius 1 is 1.55 bits per heavy atom. The zero-order valence-electron chi connectivity index (χ0n) is 11.7. The van der Waals surface area contributed by atoms with E-state index in [0.29, 0.717) is 22.9 Å². The fourth-order valence-corrected chi connectivity index (χ4v) is 2.06. The fourth-order valence-electron chi connectivity index (χ4n) is 2.06. The van der Waals surface area contributed by atoms with Crippen molar-refractivity contribution in [2.75, 3.05) is 22.5 Å². The summed E-state index contributed by atoms with van der Waals surface area (Å²) in [6.45, 7) is 5.72. The van der Waals surface area contributed by atoms with Gasteiger partial charge in [0.2, 0.25) is 5.91 Å². The summed E-state index contributed by atoms with van der Waals surface area (Å²) in [4.78, 5) is 27.2. The molecule has 20 heavy (non-hydrogen) atoms. The van der Waals surface area contributed by atoms with E-state index in [1.807, 2.05) is 13.8 Å². The third-order valence-corrected chi connectivity index (χ3v) is 3.28. The van der Waals surface area contributed by atoms with E-state index < -0.39 is 5.97 Å². The molecule has 1 aliphatic heterocycles. The van der Waals surface area contributed by atoms with Gasteiger partial charge in [0.25, 0.3) is 0 Å². The van der Waals surface area contributed by atoms with Gasteiger partial charge in [-0.15, -0.1) is 0 Å². The molecule has 1 aromatic heterocycles. The Morgan fingerprint density at radius 2 is 2.25 bits per heavy atom. The van der Waals surface area contributed by atoms with E-state index >= 15 is 0 Å². The van der Waals surface area contributed by atoms with Crippen molar-refractivity contribution in [3.8, 4) is 0 Å². The molecule has 2 rings (SSSR count). The van der Waals surface area contributed by atoms with Crippen molar-refractivity contribution in [2.24, 2.45) is 0 Å². The number of carboxylic acids is 1. The molecule has 0 spiro atoms. The van der Waals surface area contributed by atoms with Crippen LogP contribution < -0.4 is 16.0 Å². The number of nitrogens with zero attached hydrogens (tertiary/aromatic N) is 1. The van der Waals surface area contributed by atoms with Gasteiger partial charge in [0, 0.05) is 6.04 Å². The van der Waals surface area contributed by atoms with Gasteiger partial charge in [-0.2, -0.15) is 0 Å². The normalized spacial score (nSPS) is 14.8. The molecule has 1 amide bonds. The molecule has 4 N–H and O–H groups in total. The summed E-state index contributed by atoms with van der Waals surface area (Å²) < 4.78 is 0. The van der Waals surface area contributed by atoms with Crippen LogP contribution in [0.3, 0.4) is 0 Å². The lowest BCUT2D eigenvalue weighted by molar-refractivity contribution is -0.114. The Morgan fingerprint density at radius 3 is 2.85 bits per heavy atom. The number of carboxylic acid groups (broad SMARTS) is 1. The molecule has 0 saturated carbocycles. The highest BCUT2D eigenvalue weighted by atomic mass is 16.4. The second kappa shape index (κ2) is 5.36. The van der Waals surface area contributed by atoms with Crippen molar-refractivity contribution in [3.63, 3.8) is 0 Å². The summed E-state index contributed by atoms with van der Waals surface area (Å²) in [5.41, 5.74) is 1.32. The number of carbonyl (C=O) groups is 2. The summed E-state index contributed by atoms with van der Waals surface area (Å²) in [6, 6.07) is 0.0813. The van der Waals surface area contributed by atoms with Crippen LogP contribution in [-0.2, 0) is 4.79 Å². The molecule has 2 heterocycles. The molecule has 1 aliphatic rings. The number of pyridine rings is 1. The smallest absolute Gasteiger partial charge is 0.339 e. The number of fused-ring (bicyclic) bond motifs is 1. The van der Waals surface area contributed by atoms with Gasteiger partial charge in [-0.25, -0.2) is 9.78 Å². The van der Waals surface area contributed by atoms with E-state index in [-0.39, 0.29) is 24.1 Å². The van der Waals surface area contributed by atoms with Gasteiger partial charge in [-0.05, 0) is 20.3 Å². The quantitative estimate of drug-likeness (QED) is 0.668. The van der Waals surface area contributed by atoms with Crippen molar-refractivity contribution in [3.05, 3.63) is 11.3 Å². The summed E-state index contributed by atoms with van der Waals surface area (Å²) in [6.07, 6.45) is 0.830. The molecule has 7 nitrogen and oxygen atoms in total. The number of hydrogen-bond acceptors (Lipinski definition) is 5. The van der Waals surface area contributed by atoms with E-state index in [9.17, 15) is 14.7 Å². The van der Waals surface area contributed by atoms with Gasteiger partial charge in [0.15, 0.2) is 5.82 Å². The molecule has 1 aromatic rings. The van der Waals surface area contributed by atoms with Crippen LogP contribution in [0, 0.1) is 6.92 Å². The summed E-state index contributed by atoms with van der Waals surface area (Å²) >= 11 is 0. The molecule has 7 heteroatoms. The van der Waals surface area contributed by atoms with Gasteiger partial charge < -0.3 is 21.1 Å². The Labute approximate surface area is 116 Å². The summed E-state index contributed by atoms with van der Waals surface area (Å²) in [7, 11) is 0. The third kappa shape index (κ3) is 2.52. The zero-order valence-corrected chi connectivity index (χ0v) is 11.7. The van der Waals surface area contributed by atoms with Gasteiger partial charge >= 0.3 is 5.97 Å². The SMILES string of the molecule is CCC(C)Nc1c2c(nc(C)c1C(=O)O)NCC(=O)N2. The van der Waals surface area contributed by atoms with Crippen LogP contribution in [0.15, 0.2) is 0 Å². The lowest BCUT2D eigenvalue weighted by Crippen LogP contribution is -2.30. The van der Waals surface area contributed by atoms with Crippen LogP contribution in [0.5, 0.6) is 0 Å². The zero-order chi connectivity index (χ0) is 14.9. The molecular weight excluding hydrogens is 260 g/mol. The second-order valence-electron chi connectivity index (χ2n) is 4.83. The van der Waals surface area contributed by atoms with Crippen LogP contribution in [0.25, 0.3) is 0 Å². The van der Waals surface area contributed by atoms with Crippen LogP contribution in [0.2, 0.25) is 0 Å². The number of aryl methyl sites for hydroxylation is 1. The second-order valence-corrected chi connectivity index (χ2v) is 4.83. The first-order chi connectivity index (χ1) is 9.43. The van der Waals surface area contributed by atoms with Crippen molar-refractivity contribution < 1.29 is 14.7 Å². The van der Waals surface area contributed by atoms with Gasteiger partial charge in [0.1, 0.15) is 11.3 Å². The molecule has 1 unspecified atom stereocenters. The van der Waals surface area contributed by atoms with Crippen molar-refractivity contribution in [1.82, 2.24) is 4.98 Å². The number of anilines is 3. The first-order valence-corrected chi connectivity index (χ1v) is 6.52. The van der Waals surface area contributed by atoms with Crippen LogP contribution in [0.1, 0.15) is 36.3 Å². The number of amides is 1. The molecule has 0 aromatic carbocycles. The van der Waals surface area contributed by atoms with Crippen LogP contribution >= 0.6 is 0 Å². The molecule has 1 atom stereocenters. The average Bonchev–Trinajstić information content (AvgIpc) is 2.38. The highest BCUT2D eigenvalue weighted by molar-refractivity contribution is 6.08. The average molecular weight is 278 g/mol. The Hall–Kier alpha value is -2.31. The van der Waals surface area contributed by atoms with E-state index in [1.54, 1.807) is 6.92 Å². The number of carbonyl (C=O) groups excluding carboxylic acids is 1. The Kier molecular flexibility index (Phi) is 3.78. The summed E-state index contributed by atoms with van der Waals surface area (Å²) in [5.74, 6) is -0.784. The van der Waals surface area contributed by atoms with E-state index in [0.717, 1.165) is 6.42 Å². The maximum Gasteiger partial charge on any atom is 0.339 e. The number of hydrogen-bond donors (Lipinski definition) is 4. The summed E-state index contributed by atoms with van der Waals surface area (Å²) in [5, 5.41) is 18.1. The number of nitrogens with one attached hydrogen (secondary N) is 3. The van der Waals surface area contributed by atoms with E-state index in [4.69, 9.17) is 0 Å². The number of rotatable bonds is 4. The van der Waals surface area contributed by atoms with Gasteiger partial charge in [-0.3, -0.25) is 4.79 Å². The molecular formula is C13H18N4O3. The number of aromatic nitrogens is 1. The predicted octanol–water partition coefficient (Wildman–Crippen LogP) is 1.66. The number of aromatic carboxylic acids is 1. The lowest BCUT2D eigenvalue weighted by Gasteiger charge is -2.25. The van der Waals surface area contributed by atoms with Crippen molar-refractivity contribution in [2.45, 2.75) is 33.2 Å². The largest absolute Gasteiger partial charge is 0.478 e. The fraction of sp³-hybridized carbons (Fsp3) is 0.462. The molecule has 0 radical (unpaired) electrons. The Bertz CT molecular complexity index is 571. The Balaban J connectivity index is 2.60. The molecule has 0 bridgehead atoms. The monoisotopic (exact) mass is 278 g/mol. The predicted molar refractivity (Wildman–Crippen MR) is 76.4 cm³/mol. The molecule has 0 aliphatic carbocycles. The molecule has 0 fully saturated rings. The van der Waals surface area contributed by atoms with Gasteiger partial charge in [0.05, 0.1) is 17.9 Å². The maximum absolute atomic E-state index is 11.5. The van der Waals surface area contributed by atoms with Crippen LogP contribution in [0.4, 0.5) is 17.2 Å². The van der Waals surface area contributed by atoms with Gasteiger partial charge in [-0.1, -0.05) is 6.92 Å². The first kappa shape index (κ1) is 14.1.